The fourth-order valence-electron chi connectivity index (χ4n) is 3.92. The molecule has 6 nitrogen and oxygen atoms in total. The van der Waals surface area contributed by atoms with Gasteiger partial charge in [-0.15, -0.1) is 0 Å². The van der Waals surface area contributed by atoms with Crippen LogP contribution in [-0.4, -0.2) is 27.1 Å². The van der Waals surface area contributed by atoms with E-state index in [4.69, 9.17) is 9.15 Å². The third kappa shape index (κ3) is 4.16. The lowest BCUT2D eigenvalue weighted by Gasteiger charge is -2.28. The van der Waals surface area contributed by atoms with Crippen molar-refractivity contribution in [2.75, 3.05) is 18.6 Å². The van der Waals surface area contributed by atoms with Crippen molar-refractivity contribution in [1.82, 2.24) is 4.98 Å². The monoisotopic (exact) mass is 524 g/mol. The third-order valence-corrected chi connectivity index (χ3v) is 7.91. The first kappa shape index (κ1) is 21.7. The molecule has 0 unspecified atom stereocenters. The molecule has 5 rings (SSSR count). The standard InChI is InChI=1S/C25H21BrN2O4S/c1-31-21-10-6-18(7-11-21)23-27-24(33(29,30)22-12-8-20(26)9-13-22)25(32-23)28-15-14-17-4-2-3-5-19(17)16-28/h2-13H,14-16H2,1H3. The second-order valence-electron chi connectivity index (χ2n) is 7.76. The van der Waals surface area contributed by atoms with Crippen LogP contribution in [0.25, 0.3) is 11.5 Å². The van der Waals surface area contributed by atoms with Gasteiger partial charge in [0.05, 0.1) is 12.0 Å². The Morgan fingerprint density at radius 2 is 1.67 bits per heavy atom. The van der Waals surface area contributed by atoms with Crippen molar-refractivity contribution < 1.29 is 17.6 Å². The predicted molar refractivity (Wildman–Crippen MR) is 129 cm³/mol. The van der Waals surface area contributed by atoms with Crippen LogP contribution in [0.2, 0.25) is 0 Å². The molecule has 1 aliphatic heterocycles. The molecule has 0 N–H and O–H groups in total. The Hall–Kier alpha value is -3.10. The second-order valence-corrected chi connectivity index (χ2v) is 10.5. The Kier molecular flexibility index (Phi) is 5.72. The Morgan fingerprint density at radius 1 is 0.970 bits per heavy atom. The van der Waals surface area contributed by atoms with Crippen LogP contribution in [-0.2, 0) is 22.8 Å². The summed E-state index contributed by atoms with van der Waals surface area (Å²) in [6, 6.07) is 21.9. The molecule has 1 aliphatic rings. The highest BCUT2D eigenvalue weighted by molar-refractivity contribution is 9.10. The van der Waals surface area contributed by atoms with Gasteiger partial charge in [-0.25, -0.2) is 8.42 Å². The topological polar surface area (TPSA) is 72.6 Å². The van der Waals surface area contributed by atoms with Gasteiger partial charge >= 0.3 is 0 Å². The van der Waals surface area contributed by atoms with Gasteiger partial charge in [-0.05, 0) is 66.1 Å². The first-order valence-corrected chi connectivity index (χ1v) is 12.7. The van der Waals surface area contributed by atoms with E-state index in [1.807, 2.05) is 17.0 Å². The van der Waals surface area contributed by atoms with Gasteiger partial charge in [0, 0.05) is 23.1 Å². The highest BCUT2D eigenvalue weighted by Gasteiger charge is 2.32. The maximum absolute atomic E-state index is 13.6. The van der Waals surface area contributed by atoms with Gasteiger partial charge in [0.1, 0.15) is 5.75 Å². The molecule has 0 radical (unpaired) electrons. The molecule has 0 fully saturated rings. The van der Waals surface area contributed by atoms with E-state index in [9.17, 15) is 8.42 Å². The van der Waals surface area contributed by atoms with Gasteiger partial charge < -0.3 is 14.1 Å². The van der Waals surface area contributed by atoms with Crippen LogP contribution in [0.4, 0.5) is 5.88 Å². The molecule has 0 bridgehead atoms. The van der Waals surface area contributed by atoms with Crippen molar-refractivity contribution in [3.8, 4) is 17.2 Å². The molecular weight excluding hydrogens is 504 g/mol. The van der Waals surface area contributed by atoms with Gasteiger partial charge in [-0.2, -0.15) is 4.98 Å². The average molecular weight is 525 g/mol. The average Bonchev–Trinajstić information content (AvgIpc) is 3.31. The molecule has 0 aliphatic carbocycles. The van der Waals surface area contributed by atoms with E-state index in [1.54, 1.807) is 55.6 Å². The van der Waals surface area contributed by atoms with Gasteiger partial charge in [0.2, 0.25) is 26.6 Å². The summed E-state index contributed by atoms with van der Waals surface area (Å²) in [5, 5.41) is -0.0741. The normalized spacial score (nSPS) is 13.6. The summed E-state index contributed by atoms with van der Waals surface area (Å²) >= 11 is 3.36. The Bertz CT molecular complexity index is 1400. The minimum absolute atomic E-state index is 0.0741. The zero-order valence-corrected chi connectivity index (χ0v) is 20.3. The number of rotatable bonds is 5. The lowest BCUT2D eigenvalue weighted by molar-refractivity contribution is 0.415. The molecule has 4 aromatic rings. The number of aromatic nitrogens is 1. The van der Waals surface area contributed by atoms with Crippen molar-refractivity contribution >= 4 is 31.7 Å². The van der Waals surface area contributed by atoms with Crippen LogP contribution in [0.1, 0.15) is 11.1 Å². The molecular formula is C25H21BrN2O4S. The van der Waals surface area contributed by atoms with E-state index in [-0.39, 0.29) is 21.7 Å². The van der Waals surface area contributed by atoms with E-state index in [2.05, 4.69) is 33.0 Å². The van der Waals surface area contributed by atoms with Crippen molar-refractivity contribution in [3.63, 3.8) is 0 Å². The Balaban J connectivity index is 1.62. The molecule has 0 amide bonds. The fraction of sp³-hybridized carbons (Fsp3) is 0.160. The van der Waals surface area contributed by atoms with Crippen molar-refractivity contribution in [1.29, 1.82) is 0 Å². The van der Waals surface area contributed by atoms with Gasteiger partial charge in [-0.3, -0.25) is 0 Å². The second kappa shape index (κ2) is 8.68. The number of methoxy groups -OCH3 is 1. The Morgan fingerprint density at radius 3 is 2.36 bits per heavy atom. The number of hydrogen-bond donors (Lipinski definition) is 0. The number of hydrogen-bond acceptors (Lipinski definition) is 6. The quantitative estimate of drug-likeness (QED) is 0.342. The smallest absolute Gasteiger partial charge is 0.236 e. The summed E-state index contributed by atoms with van der Waals surface area (Å²) in [6.07, 6.45) is 0.798. The molecule has 3 aromatic carbocycles. The molecule has 0 atom stereocenters. The number of nitrogens with zero attached hydrogens (tertiary/aromatic N) is 2. The maximum Gasteiger partial charge on any atom is 0.236 e. The Labute approximate surface area is 200 Å². The number of benzene rings is 3. The molecule has 168 valence electrons. The van der Waals surface area contributed by atoms with Crippen LogP contribution in [0.15, 0.2) is 91.6 Å². The molecule has 33 heavy (non-hydrogen) atoms. The summed E-state index contributed by atoms with van der Waals surface area (Å²) in [7, 11) is -2.31. The van der Waals surface area contributed by atoms with Crippen LogP contribution >= 0.6 is 15.9 Å². The van der Waals surface area contributed by atoms with Gasteiger partial charge in [0.25, 0.3) is 0 Å². The van der Waals surface area contributed by atoms with Gasteiger partial charge in [-0.1, -0.05) is 40.2 Å². The first-order valence-electron chi connectivity index (χ1n) is 10.4. The number of anilines is 1. The van der Waals surface area contributed by atoms with Crippen molar-refractivity contribution in [2.45, 2.75) is 22.9 Å². The number of halogens is 1. The van der Waals surface area contributed by atoms with E-state index >= 15 is 0 Å². The largest absolute Gasteiger partial charge is 0.497 e. The summed E-state index contributed by atoms with van der Waals surface area (Å²) in [5.74, 6) is 1.21. The van der Waals surface area contributed by atoms with E-state index < -0.39 is 9.84 Å². The zero-order chi connectivity index (χ0) is 23.0. The lowest BCUT2D eigenvalue weighted by Crippen LogP contribution is -2.31. The van der Waals surface area contributed by atoms with E-state index in [0.717, 1.165) is 16.5 Å². The minimum Gasteiger partial charge on any atom is -0.497 e. The SMILES string of the molecule is COc1ccc(-c2nc(S(=O)(=O)c3ccc(Br)cc3)c(N3CCc4ccccc4C3)o2)cc1. The van der Waals surface area contributed by atoms with Crippen molar-refractivity contribution in [3.05, 3.63) is 88.4 Å². The fourth-order valence-corrected chi connectivity index (χ4v) is 5.51. The van der Waals surface area contributed by atoms with Gasteiger partial charge in [0.15, 0.2) is 0 Å². The number of oxazole rings is 1. The predicted octanol–water partition coefficient (Wildman–Crippen LogP) is 5.51. The number of sulfone groups is 1. The maximum atomic E-state index is 13.6. The first-order chi connectivity index (χ1) is 16.0. The van der Waals surface area contributed by atoms with Crippen LogP contribution in [0.3, 0.4) is 0 Å². The van der Waals surface area contributed by atoms with E-state index in [1.165, 1.54) is 5.56 Å². The molecule has 0 spiro atoms. The zero-order valence-electron chi connectivity index (χ0n) is 17.9. The summed E-state index contributed by atoms with van der Waals surface area (Å²) < 4.78 is 39.4. The molecule has 0 saturated heterocycles. The van der Waals surface area contributed by atoms with Crippen LogP contribution < -0.4 is 9.64 Å². The minimum atomic E-state index is -3.91. The highest BCUT2D eigenvalue weighted by atomic mass is 79.9. The van der Waals surface area contributed by atoms with Crippen molar-refractivity contribution in [2.24, 2.45) is 0 Å². The van der Waals surface area contributed by atoms with E-state index in [0.29, 0.717) is 24.4 Å². The summed E-state index contributed by atoms with van der Waals surface area (Å²) in [4.78, 5) is 6.61. The highest BCUT2D eigenvalue weighted by Crippen LogP contribution is 2.37. The summed E-state index contributed by atoms with van der Waals surface area (Å²) in [6.45, 7) is 1.19. The van der Waals surface area contributed by atoms with Crippen LogP contribution in [0, 0.1) is 0 Å². The molecule has 2 heterocycles. The lowest BCUT2D eigenvalue weighted by atomic mass is 10.0. The van der Waals surface area contributed by atoms with Crippen LogP contribution in [0.5, 0.6) is 5.75 Å². The number of ether oxygens (including phenoxy) is 1. The molecule has 0 saturated carbocycles. The third-order valence-electron chi connectivity index (χ3n) is 5.71. The number of fused-ring (bicyclic) bond motifs is 1. The molecule has 8 heteroatoms. The molecule has 1 aromatic heterocycles. The summed E-state index contributed by atoms with van der Waals surface area (Å²) in [5.41, 5.74) is 3.09.